The third-order valence-corrected chi connectivity index (χ3v) is 2.92. The first-order valence-corrected chi connectivity index (χ1v) is 6.28. The Labute approximate surface area is 108 Å². The normalized spacial score (nSPS) is 12.7. The number of carboxylic acids is 1. The van der Waals surface area contributed by atoms with Gasteiger partial charge < -0.3 is 16.2 Å². The van der Waals surface area contributed by atoms with E-state index >= 15 is 0 Å². The van der Waals surface area contributed by atoms with Gasteiger partial charge in [0.15, 0.2) is 0 Å². The Bertz CT molecular complexity index is 374. The second kappa shape index (κ2) is 7.13. The molecule has 0 heterocycles. The maximum atomic E-state index is 10.5. The van der Waals surface area contributed by atoms with Crippen LogP contribution in [0, 0.1) is 0 Å². The number of hydrogen-bond donors (Lipinski definition) is 3. The minimum atomic E-state index is -0.946. The molecule has 1 aromatic carbocycles. The molecule has 0 aliphatic rings. The van der Waals surface area contributed by atoms with Crippen LogP contribution in [0.25, 0.3) is 0 Å². The highest BCUT2D eigenvalue weighted by molar-refractivity contribution is 5.72. The number of nitrogens with one attached hydrogen (secondary N) is 1. The molecule has 0 spiro atoms. The van der Waals surface area contributed by atoms with Crippen LogP contribution in [0.5, 0.6) is 0 Å². The monoisotopic (exact) mass is 250 g/mol. The van der Waals surface area contributed by atoms with Gasteiger partial charge in [-0.05, 0) is 30.0 Å². The van der Waals surface area contributed by atoms with Gasteiger partial charge in [0.25, 0.3) is 0 Å². The molecule has 0 bridgehead atoms. The molecular weight excluding hydrogens is 228 g/mol. The molecule has 0 aliphatic heterocycles. The zero-order chi connectivity index (χ0) is 13.5. The van der Waals surface area contributed by atoms with E-state index in [1.165, 1.54) is 11.1 Å². The highest BCUT2D eigenvalue weighted by Gasteiger charge is 2.09. The van der Waals surface area contributed by atoms with Crippen molar-refractivity contribution in [3.05, 3.63) is 35.4 Å². The third kappa shape index (κ3) is 4.85. The van der Waals surface area contributed by atoms with Gasteiger partial charge in [0, 0.05) is 6.54 Å². The van der Waals surface area contributed by atoms with Crippen LogP contribution in [0.1, 0.15) is 37.3 Å². The Balaban J connectivity index is 2.29. The quantitative estimate of drug-likeness (QED) is 0.644. The summed E-state index contributed by atoms with van der Waals surface area (Å²) < 4.78 is 0. The Hall–Kier alpha value is -1.39. The molecule has 0 saturated heterocycles. The summed E-state index contributed by atoms with van der Waals surface area (Å²) in [7, 11) is 0. The van der Waals surface area contributed by atoms with E-state index in [0.717, 1.165) is 6.54 Å². The summed E-state index contributed by atoms with van der Waals surface area (Å²) >= 11 is 0. The topological polar surface area (TPSA) is 75.3 Å². The van der Waals surface area contributed by atoms with E-state index in [-0.39, 0.29) is 0 Å². The smallest absolute Gasteiger partial charge is 0.320 e. The molecule has 0 fully saturated rings. The molecule has 0 aromatic heterocycles. The molecule has 0 saturated carbocycles. The summed E-state index contributed by atoms with van der Waals surface area (Å²) in [5.41, 5.74) is 7.93. The fourth-order valence-electron chi connectivity index (χ4n) is 1.63. The number of nitrogens with two attached hydrogens (primary N) is 1. The van der Waals surface area contributed by atoms with Crippen molar-refractivity contribution in [2.24, 2.45) is 5.73 Å². The van der Waals surface area contributed by atoms with Crippen molar-refractivity contribution < 1.29 is 9.90 Å². The lowest BCUT2D eigenvalue weighted by Gasteiger charge is -2.09. The summed E-state index contributed by atoms with van der Waals surface area (Å²) in [5.74, 6) is -0.404. The van der Waals surface area contributed by atoms with E-state index in [2.05, 4.69) is 43.4 Å². The number of hydrogen-bond acceptors (Lipinski definition) is 3. The van der Waals surface area contributed by atoms with Crippen molar-refractivity contribution in [2.45, 2.75) is 38.8 Å². The maximum Gasteiger partial charge on any atom is 0.320 e. The highest BCUT2D eigenvalue weighted by Crippen LogP contribution is 2.14. The van der Waals surface area contributed by atoms with Crippen molar-refractivity contribution in [3.63, 3.8) is 0 Å². The van der Waals surface area contributed by atoms with Gasteiger partial charge in [-0.3, -0.25) is 4.79 Å². The van der Waals surface area contributed by atoms with Crippen LogP contribution in [0.3, 0.4) is 0 Å². The molecule has 1 rings (SSSR count). The maximum absolute atomic E-state index is 10.5. The van der Waals surface area contributed by atoms with Gasteiger partial charge in [0.1, 0.15) is 6.04 Å². The van der Waals surface area contributed by atoms with Gasteiger partial charge in [0.05, 0.1) is 0 Å². The van der Waals surface area contributed by atoms with Gasteiger partial charge in [-0.2, -0.15) is 0 Å². The standard InChI is InChI=1S/C14H22N2O2/c1-10(2)12-5-3-11(4-6-12)9-16-8-7-13(15)14(17)18/h3-6,10,13,16H,7-9,15H2,1-2H3,(H,17,18). The van der Waals surface area contributed by atoms with Gasteiger partial charge >= 0.3 is 5.97 Å². The Kier molecular flexibility index (Phi) is 5.82. The van der Waals surface area contributed by atoms with E-state index in [9.17, 15) is 4.79 Å². The van der Waals surface area contributed by atoms with Gasteiger partial charge in [-0.1, -0.05) is 38.1 Å². The van der Waals surface area contributed by atoms with Gasteiger partial charge in [0.2, 0.25) is 0 Å². The second-order valence-corrected chi connectivity index (χ2v) is 4.81. The van der Waals surface area contributed by atoms with Crippen molar-refractivity contribution in [1.82, 2.24) is 5.32 Å². The fraction of sp³-hybridized carbons (Fsp3) is 0.500. The van der Waals surface area contributed by atoms with Crippen LogP contribution in [0.2, 0.25) is 0 Å². The lowest BCUT2D eigenvalue weighted by atomic mass is 10.0. The first-order valence-electron chi connectivity index (χ1n) is 6.28. The van der Waals surface area contributed by atoms with E-state index in [1.54, 1.807) is 0 Å². The predicted octanol–water partition coefficient (Wildman–Crippen LogP) is 1.70. The molecule has 1 aromatic rings. The van der Waals surface area contributed by atoms with Crippen LogP contribution >= 0.6 is 0 Å². The number of rotatable bonds is 7. The fourth-order valence-corrected chi connectivity index (χ4v) is 1.63. The van der Waals surface area contributed by atoms with Gasteiger partial charge in [-0.15, -0.1) is 0 Å². The van der Waals surface area contributed by atoms with E-state index < -0.39 is 12.0 Å². The lowest BCUT2D eigenvalue weighted by Crippen LogP contribution is -2.33. The zero-order valence-electron chi connectivity index (χ0n) is 11.0. The Morgan fingerprint density at radius 3 is 2.44 bits per heavy atom. The van der Waals surface area contributed by atoms with Crippen molar-refractivity contribution in [3.8, 4) is 0 Å². The zero-order valence-corrected chi connectivity index (χ0v) is 11.0. The van der Waals surface area contributed by atoms with Crippen molar-refractivity contribution in [1.29, 1.82) is 0 Å². The molecule has 4 heteroatoms. The lowest BCUT2D eigenvalue weighted by molar-refractivity contribution is -0.138. The molecule has 100 valence electrons. The molecule has 0 radical (unpaired) electrons. The minimum absolute atomic E-state index is 0.444. The molecule has 1 unspecified atom stereocenters. The molecular formula is C14H22N2O2. The molecule has 0 aliphatic carbocycles. The SMILES string of the molecule is CC(C)c1ccc(CNCCC(N)C(=O)O)cc1. The molecule has 4 nitrogen and oxygen atoms in total. The van der Waals surface area contributed by atoms with Gasteiger partial charge in [-0.25, -0.2) is 0 Å². The number of aliphatic carboxylic acids is 1. The molecule has 18 heavy (non-hydrogen) atoms. The van der Waals surface area contributed by atoms with E-state index in [4.69, 9.17) is 10.8 Å². The summed E-state index contributed by atoms with van der Waals surface area (Å²) in [6.45, 7) is 5.69. The molecule has 1 atom stereocenters. The van der Waals surface area contributed by atoms with E-state index in [0.29, 0.717) is 18.9 Å². The Morgan fingerprint density at radius 1 is 1.33 bits per heavy atom. The summed E-state index contributed by atoms with van der Waals surface area (Å²) in [4.78, 5) is 10.5. The number of benzene rings is 1. The van der Waals surface area contributed by atoms with Crippen LogP contribution in [-0.2, 0) is 11.3 Å². The summed E-state index contributed by atoms with van der Waals surface area (Å²) in [6.07, 6.45) is 0.444. The largest absolute Gasteiger partial charge is 0.480 e. The average molecular weight is 250 g/mol. The first-order chi connectivity index (χ1) is 8.50. The third-order valence-electron chi connectivity index (χ3n) is 2.92. The highest BCUT2D eigenvalue weighted by atomic mass is 16.4. The summed E-state index contributed by atoms with van der Waals surface area (Å²) in [5, 5.41) is 11.8. The van der Waals surface area contributed by atoms with Crippen molar-refractivity contribution >= 4 is 5.97 Å². The minimum Gasteiger partial charge on any atom is -0.480 e. The first kappa shape index (κ1) is 14.7. The average Bonchev–Trinajstić information content (AvgIpc) is 2.34. The van der Waals surface area contributed by atoms with Crippen LogP contribution in [-0.4, -0.2) is 23.7 Å². The van der Waals surface area contributed by atoms with Crippen LogP contribution < -0.4 is 11.1 Å². The summed E-state index contributed by atoms with van der Waals surface area (Å²) in [6, 6.07) is 7.68. The van der Waals surface area contributed by atoms with E-state index in [1.807, 2.05) is 0 Å². The van der Waals surface area contributed by atoms with Crippen LogP contribution in [0.4, 0.5) is 0 Å². The van der Waals surface area contributed by atoms with Crippen molar-refractivity contribution in [2.75, 3.05) is 6.54 Å². The predicted molar refractivity (Wildman–Crippen MR) is 72.5 cm³/mol. The second-order valence-electron chi connectivity index (χ2n) is 4.81. The Morgan fingerprint density at radius 2 is 1.94 bits per heavy atom. The molecule has 4 N–H and O–H groups in total. The number of carboxylic acid groups (broad SMARTS) is 1. The molecule has 0 amide bonds. The van der Waals surface area contributed by atoms with Crippen LogP contribution in [0.15, 0.2) is 24.3 Å². The number of carbonyl (C=O) groups is 1.